The van der Waals surface area contributed by atoms with Gasteiger partial charge in [-0.2, -0.15) is 0 Å². The number of hydrogen-bond acceptors (Lipinski definition) is 5. The van der Waals surface area contributed by atoms with E-state index in [-0.39, 0.29) is 10.6 Å². The summed E-state index contributed by atoms with van der Waals surface area (Å²) in [5, 5.41) is 14.0. The molecule has 2 aromatic carbocycles. The van der Waals surface area contributed by atoms with Gasteiger partial charge < -0.3 is 5.32 Å². The molecule has 0 saturated heterocycles. The standard InChI is InChI=1S/C15H14F2N2O4S/c1-9(10-3-5-12(16)13(17)7-10)18-14-6-4-11(24(2,22)23)8-15(14)19(20)21/h3-9,18H,1-2H3. The molecule has 6 nitrogen and oxygen atoms in total. The summed E-state index contributed by atoms with van der Waals surface area (Å²) < 4.78 is 49.3. The number of nitro groups is 1. The molecule has 0 aliphatic rings. The molecule has 1 N–H and O–H groups in total. The summed E-state index contributed by atoms with van der Waals surface area (Å²) in [5.74, 6) is -2.02. The van der Waals surface area contributed by atoms with Crippen molar-refractivity contribution in [1.29, 1.82) is 0 Å². The highest BCUT2D eigenvalue weighted by Gasteiger charge is 2.20. The maximum absolute atomic E-state index is 13.3. The zero-order chi connectivity index (χ0) is 18.1. The predicted molar refractivity (Wildman–Crippen MR) is 84.6 cm³/mol. The highest BCUT2D eigenvalue weighted by Crippen LogP contribution is 2.31. The number of rotatable bonds is 5. The lowest BCUT2D eigenvalue weighted by Crippen LogP contribution is -2.10. The van der Waals surface area contributed by atoms with E-state index in [0.717, 1.165) is 24.5 Å². The van der Waals surface area contributed by atoms with Crippen molar-refractivity contribution in [2.24, 2.45) is 0 Å². The lowest BCUT2D eigenvalue weighted by molar-refractivity contribution is -0.384. The molecule has 0 heterocycles. The molecule has 0 spiro atoms. The Balaban J connectivity index is 2.38. The van der Waals surface area contributed by atoms with E-state index >= 15 is 0 Å². The Morgan fingerprint density at radius 1 is 1.12 bits per heavy atom. The van der Waals surface area contributed by atoms with Gasteiger partial charge in [-0.3, -0.25) is 10.1 Å². The summed E-state index contributed by atoms with van der Waals surface area (Å²) >= 11 is 0. The first-order valence-corrected chi connectivity index (χ1v) is 8.68. The van der Waals surface area contributed by atoms with Gasteiger partial charge in [-0.1, -0.05) is 6.07 Å². The summed E-state index contributed by atoms with van der Waals surface area (Å²) in [6.07, 6.45) is 0.947. The molecular formula is C15H14F2N2O4S. The van der Waals surface area contributed by atoms with E-state index in [0.29, 0.717) is 5.56 Å². The molecular weight excluding hydrogens is 342 g/mol. The first kappa shape index (κ1) is 17.8. The monoisotopic (exact) mass is 356 g/mol. The number of nitrogens with one attached hydrogen (secondary N) is 1. The summed E-state index contributed by atoms with van der Waals surface area (Å²) in [6, 6.07) is 6.20. The number of nitro benzene ring substituents is 1. The Morgan fingerprint density at radius 3 is 2.33 bits per heavy atom. The van der Waals surface area contributed by atoms with Gasteiger partial charge in [-0.15, -0.1) is 0 Å². The Morgan fingerprint density at radius 2 is 1.79 bits per heavy atom. The van der Waals surface area contributed by atoms with E-state index in [4.69, 9.17) is 0 Å². The van der Waals surface area contributed by atoms with E-state index in [1.165, 1.54) is 18.2 Å². The molecule has 0 aromatic heterocycles. The first-order chi connectivity index (χ1) is 11.1. The lowest BCUT2D eigenvalue weighted by Gasteiger charge is -2.16. The predicted octanol–water partition coefficient (Wildman–Crippen LogP) is 3.45. The van der Waals surface area contributed by atoms with Crippen LogP contribution >= 0.6 is 0 Å². The Kier molecular flexibility index (Phi) is 4.83. The van der Waals surface area contributed by atoms with Crippen LogP contribution in [0.1, 0.15) is 18.5 Å². The average Bonchev–Trinajstić information content (AvgIpc) is 2.49. The van der Waals surface area contributed by atoms with Crippen LogP contribution in [0.4, 0.5) is 20.2 Å². The highest BCUT2D eigenvalue weighted by atomic mass is 32.2. The van der Waals surface area contributed by atoms with Gasteiger partial charge in [0.1, 0.15) is 5.69 Å². The first-order valence-electron chi connectivity index (χ1n) is 6.79. The van der Waals surface area contributed by atoms with Crippen LogP contribution in [0.3, 0.4) is 0 Å². The molecule has 2 aromatic rings. The molecule has 24 heavy (non-hydrogen) atoms. The maximum Gasteiger partial charge on any atom is 0.293 e. The number of sulfone groups is 1. The summed E-state index contributed by atoms with van der Waals surface area (Å²) in [4.78, 5) is 10.3. The lowest BCUT2D eigenvalue weighted by atomic mass is 10.1. The van der Waals surface area contributed by atoms with E-state index < -0.39 is 38.1 Å². The number of nitrogens with zero attached hydrogens (tertiary/aromatic N) is 1. The van der Waals surface area contributed by atoms with Crippen molar-refractivity contribution >= 4 is 21.2 Å². The van der Waals surface area contributed by atoms with Crippen molar-refractivity contribution in [2.45, 2.75) is 17.9 Å². The van der Waals surface area contributed by atoms with Gasteiger partial charge in [0.05, 0.1) is 9.82 Å². The Labute approximate surface area is 137 Å². The van der Waals surface area contributed by atoms with Crippen LogP contribution in [0.2, 0.25) is 0 Å². The minimum atomic E-state index is -3.59. The third kappa shape index (κ3) is 3.85. The Bertz CT molecular complexity index is 900. The topological polar surface area (TPSA) is 89.3 Å². The van der Waals surface area contributed by atoms with Gasteiger partial charge in [0.15, 0.2) is 21.5 Å². The summed E-state index contributed by atoms with van der Waals surface area (Å²) in [7, 11) is -3.59. The number of hydrogen-bond donors (Lipinski definition) is 1. The normalized spacial score (nSPS) is 12.7. The van der Waals surface area contributed by atoms with Crippen LogP contribution in [0.5, 0.6) is 0 Å². The van der Waals surface area contributed by atoms with Crippen LogP contribution in [0.15, 0.2) is 41.3 Å². The minimum absolute atomic E-state index is 0.0737. The zero-order valence-corrected chi connectivity index (χ0v) is 13.6. The number of anilines is 1. The fraction of sp³-hybridized carbons (Fsp3) is 0.200. The van der Waals surface area contributed by atoms with E-state index in [1.807, 2.05) is 0 Å². The smallest absolute Gasteiger partial charge is 0.293 e. The SMILES string of the molecule is CC(Nc1ccc(S(C)(=O)=O)cc1[N+](=O)[O-])c1ccc(F)c(F)c1. The third-order valence-corrected chi connectivity index (χ3v) is 4.52. The van der Waals surface area contributed by atoms with Crippen molar-refractivity contribution in [2.75, 3.05) is 11.6 Å². The van der Waals surface area contributed by atoms with Crippen LogP contribution in [-0.4, -0.2) is 19.6 Å². The van der Waals surface area contributed by atoms with Crippen molar-refractivity contribution < 1.29 is 22.1 Å². The molecule has 9 heteroatoms. The molecule has 128 valence electrons. The van der Waals surface area contributed by atoms with Gasteiger partial charge in [-0.25, -0.2) is 17.2 Å². The van der Waals surface area contributed by atoms with Crippen LogP contribution in [-0.2, 0) is 9.84 Å². The second kappa shape index (κ2) is 6.52. The molecule has 1 atom stereocenters. The average molecular weight is 356 g/mol. The quantitative estimate of drug-likeness (QED) is 0.655. The van der Waals surface area contributed by atoms with Crippen molar-refractivity contribution in [3.8, 4) is 0 Å². The second-order valence-electron chi connectivity index (χ2n) is 5.25. The number of halogens is 2. The van der Waals surface area contributed by atoms with Crippen LogP contribution in [0, 0.1) is 21.7 Å². The van der Waals surface area contributed by atoms with E-state index in [9.17, 15) is 27.3 Å². The molecule has 1 unspecified atom stereocenters. The fourth-order valence-corrected chi connectivity index (χ4v) is 2.75. The van der Waals surface area contributed by atoms with Gasteiger partial charge in [0, 0.05) is 18.4 Å². The molecule has 0 aliphatic heterocycles. The third-order valence-electron chi connectivity index (χ3n) is 3.41. The van der Waals surface area contributed by atoms with Crippen molar-refractivity contribution in [3.63, 3.8) is 0 Å². The van der Waals surface area contributed by atoms with E-state index in [2.05, 4.69) is 5.32 Å². The highest BCUT2D eigenvalue weighted by molar-refractivity contribution is 7.90. The molecule has 0 amide bonds. The molecule has 2 rings (SSSR count). The largest absolute Gasteiger partial charge is 0.373 e. The van der Waals surface area contributed by atoms with Gasteiger partial charge in [0.2, 0.25) is 0 Å². The van der Waals surface area contributed by atoms with Gasteiger partial charge in [0.25, 0.3) is 5.69 Å². The van der Waals surface area contributed by atoms with Gasteiger partial charge >= 0.3 is 0 Å². The molecule has 0 aliphatic carbocycles. The van der Waals surface area contributed by atoms with Crippen molar-refractivity contribution in [3.05, 3.63) is 63.7 Å². The van der Waals surface area contributed by atoms with E-state index in [1.54, 1.807) is 6.92 Å². The van der Waals surface area contributed by atoms with Gasteiger partial charge in [-0.05, 0) is 36.8 Å². The zero-order valence-electron chi connectivity index (χ0n) is 12.8. The molecule has 0 radical (unpaired) electrons. The maximum atomic E-state index is 13.3. The fourth-order valence-electron chi connectivity index (χ4n) is 2.11. The molecule has 0 fully saturated rings. The second-order valence-corrected chi connectivity index (χ2v) is 7.26. The minimum Gasteiger partial charge on any atom is -0.373 e. The van der Waals surface area contributed by atoms with Crippen molar-refractivity contribution in [1.82, 2.24) is 0 Å². The number of benzene rings is 2. The Hall–Kier alpha value is -2.55. The van der Waals surface area contributed by atoms with Crippen LogP contribution < -0.4 is 5.32 Å². The van der Waals surface area contributed by atoms with Crippen LogP contribution in [0.25, 0.3) is 0 Å². The molecule has 0 saturated carbocycles. The summed E-state index contributed by atoms with van der Waals surface area (Å²) in [6.45, 7) is 1.61. The summed E-state index contributed by atoms with van der Waals surface area (Å²) in [5.41, 5.74) is 0.0346. The molecule has 0 bridgehead atoms.